The Morgan fingerprint density at radius 3 is 2.83 bits per heavy atom. The van der Waals surface area contributed by atoms with E-state index in [9.17, 15) is 0 Å². The molecule has 0 aliphatic rings. The Balaban J connectivity index is 2.13. The van der Waals surface area contributed by atoms with E-state index in [0.29, 0.717) is 23.3 Å². The minimum atomic E-state index is 0.347. The van der Waals surface area contributed by atoms with Crippen molar-refractivity contribution in [2.75, 3.05) is 10.7 Å². The van der Waals surface area contributed by atoms with E-state index in [4.69, 9.17) is 17.4 Å². The molecule has 5 nitrogen and oxygen atoms in total. The standard InChI is InChI=1S/C11H11BrClN5/c12-8-6-16-11(18-14)17-10(8)15-5-7-3-1-2-4-9(7)13/h1-4,6H,5,14H2,(H2,15,16,17,18). The maximum absolute atomic E-state index is 6.07. The third-order valence-corrected chi connectivity index (χ3v) is 3.23. The van der Waals surface area contributed by atoms with Gasteiger partial charge in [0.2, 0.25) is 5.95 Å². The quantitative estimate of drug-likeness (QED) is 0.594. The van der Waals surface area contributed by atoms with E-state index in [0.717, 1.165) is 10.0 Å². The molecule has 0 saturated heterocycles. The summed E-state index contributed by atoms with van der Waals surface area (Å²) in [5.41, 5.74) is 3.39. The van der Waals surface area contributed by atoms with E-state index in [-0.39, 0.29) is 0 Å². The Kier molecular flexibility index (Phi) is 4.35. The van der Waals surface area contributed by atoms with Crippen LogP contribution in [0.5, 0.6) is 0 Å². The van der Waals surface area contributed by atoms with Crippen LogP contribution in [0, 0.1) is 0 Å². The molecule has 0 bridgehead atoms. The minimum Gasteiger partial charge on any atom is -0.365 e. The maximum atomic E-state index is 6.07. The molecule has 1 heterocycles. The van der Waals surface area contributed by atoms with Gasteiger partial charge in [-0.25, -0.2) is 10.8 Å². The van der Waals surface area contributed by atoms with Gasteiger partial charge >= 0.3 is 0 Å². The predicted octanol–water partition coefficient (Wildman–Crippen LogP) is 2.79. The summed E-state index contributed by atoms with van der Waals surface area (Å²) in [4.78, 5) is 8.16. The molecule has 94 valence electrons. The molecule has 0 amide bonds. The van der Waals surface area contributed by atoms with Crippen molar-refractivity contribution < 1.29 is 0 Å². The molecule has 1 aromatic heterocycles. The summed E-state index contributed by atoms with van der Waals surface area (Å²) in [5.74, 6) is 6.26. The fourth-order valence-corrected chi connectivity index (χ4v) is 1.92. The molecule has 0 radical (unpaired) electrons. The number of halogens is 2. The second kappa shape index (κ2) is 5.99. The molecule has 2 aromatic rings. The SMILES string of the molecule is NNc1ncc(Br)c(NCc2ccccc2Cl)n1. The molecule has 7 heteroatoms. The van der Waals surface area contributed by atoms with Crippen molar-refractivity contribution in [2.24, 2.45) is 5.84 Å². The lowest BCUT2D eigenvalue weighted by molar-refractivity contribution is 1.06. The van der Waals surface area contributed by atoms with Crippen LogP contribution in [-0.2, 0) is 6.54 Å². The van der Waals surface area contributed by atoms with Gasteiger partial charge in [-0.3, -0.25) is 5.43 Å². The van der Waals surface area contributed by atoms with E-state index < -0.39 is 0 Å². The largest absolute Gasteiger partial charge is 0.365 e. The lowest BCUT2D eigenvalue weighted by atomic mass is 10.2. The number of nitrogens with zero attached hydrogens (tertiary/aromatic N) is 2. The Morgan fingerprint density at radius 1 is 1.33 bits per heavy atom. The molecule has 0 unspecified atom stereocenters. The monoisotopic (exact) mass is 327 g/mol. The Bertz CT molecular complexity index is 549. The number of benzene rings is 1. The second-order valence-corrected chi connectivity index (χ2v) is 4.74. The van der Waals surface area contributed by atoms with Gasteiger partial charge in [0.1, 0.15) is 5.82 Å². The van der Waals surface area contributed by atoms with Crippen molar-refractivity contribution in [1.82, 2.24) is 9.97 Å². The smallest absolute Gasteiger partial charge is 0.239 e. The second-order valence-electron chi connectivity index (χ2n) is 3.48. The average molecular weight is 329 g/mol. The average Bonchev–Trinajstić information content (AvgIpc) is 2.39. The van der Waals surface area contributed by atoms with Gasteiger partial charge in [0.15, 0.2) is 0 Å². The third-order valence-electron chi connectivity index (χ3n) is 2.28. The molecule has 18 heavy (non-hydrogen) atoms. The summed E-state index contributed by atoms with van der Waals surface area (Å²) in [5, 5.41) is 3.88. The number of nitrogens with two attached hydrogens (primary N) is 1. The highest BCUT2D eigenvalue weighted by Gasteiger charge is 2.05. The molecule has 0 atom stereocenters. The summed E-state index contributed by atoms with van der Waals surface area (Å²) in [6, 6.07) is 7.63. The van der Waals surface area contributed by atoms with E-state index >= 15 is 0 Å². The van der Waals surface area contributed by atoms with Crippen molar-refractivity contribution in [3.63, 3.8) is 0 Å². The maximum Gasteiger partial charge on any atom is 0.239 e. The molecule has 1 aromatic carbocycles. The van der Waals surface area contributed by atoms with Crippen molar-refractivity contribution in [3.05, 3.63) is 45.5 Å². The van der Waals surface area contributed by atoms with Crippen molar-refractivity contribution in [1.29, 1.82) is 0 Å². The van der Waals surface area contributed by atoms with Crippen molar-refractivity contribution in [2.45, 2.75) is 6.54 Å². The number of nitrogens with one attached hydrogen (secondary N) is 2. The van der Waals surface area contributed by atoms with Crippen LogP contribution in [0.4, 0.5) is 11.8 Å². The molecular weight excluding hydrogens is 318 g/mol. The highest BCUT2D eigenvalue weighted by atomic mass is 79.9. The molecular formula is C11H11BrClN5. The zero-order chi connectivity index (χ0) is 13.0. The molecule has 0 saturated carbocycles. The molecule has 0 fully saturated rings. The number of anilines is 2. The summed E-state index contributed by atoms with van der Waals surface area (Å²) in [7, 11) is 0. The number of hydrogen-bond donors (Lipinski definition) is 3. The van der Waals surface area contributed by atoms with Gasteiger partial charge in [0.05, 0.1) is 4.47 Å². The lowest BCUT2D eigenvalue weighted by Crippen LogP contribution is -2.12. The molecule has 4 N–H and O–H groups in total. The van der Waals surface area contributed by atoms with Crippen molar-refractivity contribution >= 4 is 39.3 Å². The van der Waals surface area contributed by atoms with Crippen LogP contribution >= 0.6 is 27.5 Å². The predicted molar refractivity (Wildman–Crippen MR) is 76.3 cm³/mol. The molecule has 0 aliphatic heterocycles. The van der Waals surface area contributed by atoms with Crippen LogP contribution in [0.3, 0.4) is 0 Å². The minimum absolute atomic E-state index is 0.347. The topological polar surface area (TPSA) is 75.9 Å². The number of nitrogen functional groups attached to an aromatic ring is 1. The van der Waals surface area contributed by atoms with E-state index in [1.807, 2.05) is 24.3 Å². The fourth-order valence-electron chi connectivity index (χ4n) is 1.38. The van der Waals surface area contributed by atoms with Gasteiger partial charge in [-0.2, -0.15) is 4.98 Å². The van der Waals surface area contributed by atoms with Gasteiger partial charge in [-0.05, 0) is 27.6 Å². The first-order chi connectivity index (χ1) is 8.70. The zero-order valence-corrected chi connectivity index (χ0v) is 11.7. The number of hydrazine groups is 1. The van der Waals surface area contributed by atoms with Gasteiger partial charge < -0.3 is 5.32 Å². The van der Waals surface area contributed by atoms with Gasteiger partial charge in [-0.15, -0.1) is 0 Å². The van der Waals surface area contributed by atoms with Crippen molar-refractivity contribution in [3.8, 4) is 0 Å². The first-order valence-electron chi connectivity index (χ1n) is 5.17. The van der Waals surface area contributed by atoms with E-state index in [1.165, 1.54) is 0 Å². The van der Waals surface area contributed by atoms with Crippen LogP contribution < -0.4 is 16.6 Å². The normalized spacial score (nSPS) is 10.2. The highest BCUT2D eigenvalue weighted by molar-refractivity contribution is 9.10. The summed E-state index contributed by atoms with van der Waals surface area (Å²) < 4.78 is 0.758. The van der Waals surface area contributed by atoms with Gasteiger partial charge in [-0.1, -0.05) is 29.8 Å². The van der Waals surface area contributed by atoms with Crippen LogP contribution in [-0.4, -0.2) is 9.97 Å². The zero-order valence-electron chi connectivity index (χ0n) is 9.32. The Morgan fingerprint density at radius 2 is 2.11 bits per heavy atom. The first-order valence-corrected chi connectivity index (χ1v) is 6.34. The molecule has 0 aliphatic carbocycles. The van der Waals surface area contributed by atoms with Crippen LogP contribution in [0.25, 0.3) is 0 Å². The van der Waals surface area contributed by atoms with E-state index in [1.54, 1.807) is 6.20 Å². The first kappa shape index (κ1) is 13.1. The highest BCUT2D eigenvalue weighted by Crippen LogP contribution is 2.22. The summed E-state index contributed by atoms with van der Waals surface area (Å²) in [6.07, 6.45) is 1.62. The van der Waals surface area contributed by atoms with E-state index in [2.05, 4.69) is 36.6 Å². The lowest BCUT2D eigenvalue weighted by Gasteiger charge is -2.09. The third kappa shape index (κ3) is 3.10. The van der Waals surface area contributed by atoms with Crippen LogP contribution in [0.15, 0.2) is 34.9 Å². The Labute approximate surface area is 118 Å². The number of aromatic nitrogens is 2. The molecule has 0 spiro atoms. The fraction of sp³-hybridized carbons (Fsp3) is 0.0909. The Hall–Kier alpha value is -1.37. The number of hydrogen-bond acceptors (Lipinski definition) is 5. The van der Waals surface area contributed by atoms with Crippen LogP contribution in [0.2, 0.25) is 5.02 Å². The summed E-state index contributed by atoms with van der Waals surface area (Å²) in [6.45, 7) is 0.569. The van der Waals surface area contributed by atoms with Crippen LogP contribution in [0.1, 0.15) is 5.56 Å². The number of rotatable bonds is 4. The van der Waals surface area contributed by atoms with Gasteiger partial charge in [0, 0.05) is 17.8 Å². The summed E-state index contributed by atoms with van der Waals surface area (Å²) >= 11 is 9.43. The molecule has 2 rings (SSSR count). The van der Waals surface area contributed by atoms with Gasteiger partial charge in [0.25, 0.3) is 0 Å².